The van der Waals surface area contributed by atoms with Gasteiger partial charge in [0.2, 0.25) is 5.91 Å². The molecule has 124 valence electrons. The lowest BCUT2D eigenvalue weighted by Crippen LogP contribution is -2.55. The number of pyridine rings is 1. The summed E-state index contributed by atoms with van der Waals surface area (Å²) in [5, 5.41) is 11.4. The van der Waals surface area contributed by atoms with Crippen LogP contribution in [0.5, 0.6) is 0 Å². The third kappa shape index (κ3) is 4.41. The zero-order valence-corrected chi connectivity index (χ0v) is 13.2. The number of likely N-dealkylation sites (tertiary alicyclic amines) is 1. The maximum absolute atomic E-state index is 12.0. The quantitative estimate of drug-likeness (QED) is 0.875. The van der Waals surface area contributed by atoms with Crippen molar-refractivity contribution >= 4 is 23.8 Å². The molecule has 2 rings (SSSR count). The molecule has 1 aromatic rings. The van der Waals surface area contributed by atoms with E-state index in [9.17, 15) is 14.4 Å². The summed E-state index contributed by atoms with van der Waals surface area (Å²) >= 11 is 0. The van der Waals surface area contributed by atoms with Gasteiger partial charge < -0.3 is 20.1 Å². The van der Waals surface area contributed by atoms with Crippen molar-refractivity contribution in [3.05, 3.63) is 23.9 Å². The van der Waals surface area contributed by atoms with E-state index in [1.807, 2.05) is 0 Å². The van der Waals surface area contributed by atoms with Crippen LogP contribution in [0.3, 0.4) is 0 Å². The highest BCUT2D eigenvalue weighted by Crippen LogP contribution is 2.20. The van der Waals surface area contributed by atoms with Crippen molar-refractivity contribution in [2.45, 2.75) is 26.4 Å². The zero-order valence-electron chi connectivity index (χ0n) is 13.2. The van der Waals surface area contributed by atoms with Crippen LogP contribution in [0.2, 0.25) is 0 Å². The second-order valence-corrected chi connectivity index (χ2v) is 6.31. The smallest absolute Gasteiger partial charge is 0.410 e. The Labute approximate surface area is 133 Å². The molecule has 1 fully saturated rings. The molecule has 1 aromatic heterocycles. The fourth-order valence-electron chi connectivity index (χ4n) is 1.94. The highest BCUT2D eigenvalue weighted by molar-refractivity contribution is 5.94. The first-order valence-electron chi connectivity index (χ1n) is 7.14. The molecular weight excluding hydrogens is 302 g/mol. The second kappa shape index (κ2) is 6.23. The van der Waals surface area contributed by atoms with Crippen LogP contribution in [-0.2, 0) is 9.53 Å². The number of nitrogens with zero attached hydrogens (tertiary/aromatic N) is 2. The molecule has 8 nitrogen and oxygen atoms in total. The minimum atomic E-state index is -1.08. The zero-order chi connectivity index (χ0) is 17.2. The summed E-state index contributed by atoms with van der Waals surface area (Å²) in [7, 11) is 0. The van der Waals surface area contributed by atoms with E-state index < -0.39 is 17.7 Å². The van der Waals surface area contributed by atoms with Crippen LogP contribution in [-0.4, -0.2) is 51.7 Å². The van der Waals surface area contributed by atoms with Gasteiger partial charge in [0.25, 0.3) is 0 Å². The van der Waals surface area contributed by atoms with Gasteiger partial charge in [0, 0.05) is 19.3 Å². The number of anilines is 1. The van der Waals surface area contributed by atoms with Crippen molar-refractivity contribution < 1.29 is 24.2 Å². The maximum atomic E-state index is 12.0. The Balaban J connectivity index is 1.82. The van der Waals surface area contributed by atoms with Gasteiger partial charge in [-0.2, -0.15) is 0 Å². The Hall–Kier alpha value is -2.64. The van der Waals surface area contributed by atoms with Gasteiger partial charge in [-0.15, -0.1) is 0 Å². The minimum absolute atomic E-state index is 0.0442. The number of amides is 2. The highest BCUT2D eigenvalue weighted by Gasteiger charge is 2.37. The van der Waals surface area contributed by atoms with E-state index >= 15 is 0 Å². The third-order valence-corrected chi connectivity index (χ3v) is 3.17. The summed E-state index contributed by atoms with van der Waals surface area (Å²) in [6.07, 6.45) is 0.733. The fraction of sp³-hybridized carbons (Fsp3) is 0.467. The number of carboxylic acids is 1. The molecule has 0 aliphatic carbocycles. The molecule has 2 amide bonds. The molecule has 0 bridgehead atoms. The molecule has 1 aliphatic rings. The van der Waals surface area contributed by atoms with Crippen molar-refractivity contribution in [2.24, 2.45) is 5.92 Å². The lowest BCUT2D eigenvalue weighted by Gasteiger charge is -2.38. The Bertz CT molecular complexity index is 615. The van der Waals surface area contributed by atoms with E-state index in [0.29, 0.717) is 0 Å². The number of carbonyl (C=O) groups is 3. The van der Waals surface area contributed by atoms with Crippen LogP contribution < -0.4 is 5.32 Å². The van der Waals surface area contributed by atoms with Crippen molar-refractivity contribution in [3.8, 4) is 0 Å². The van der Waals surface area contributed by atoms with Gasteiger partial charge >= 0.3 is 12.1 Å². The Kier molecular flexibility index (Phi) is 4.53. The Morgan fingerprint density at radius 2 is 1.96 bits per heavy atom. The summed E-state index contributed by atoms with van der Waals surface area (Å²) < 4.78 is 5.21. The van der Waals surface area contributed by atoms with Crippen LogP contribution in [0, 0.1) is 5.92 Å². The van der Waals surface area contributed by atoms with Crippen LogP contribution in [0.4, 0.5) is 10.6 Å². The Morgan fingerprint density at radius 3 is 2.43 bits per heavy atom. The molecule has 8 heteroatoms. The van der Waals surface area contributed by atoms with Gasteiger partial charge in [-0.1, -0.05) is 0 Å². The fourth-order valence-corrected chi connectivity index (χ4v) is 1.94. The first-order valence-corrected chi connectivity index (χ1v) is 7.14. The maximum Gasteiger partial charge on any atom is 0.410 e. The van der Waals surface area contributed by atoms with Gasteiger partial charge in [-0.05, 0) is 32.9 Å². The first kappa shape index (κ1) is 16.7. The standard InChI is InChI=1S/C15H19N3O5/c1-15(2,3)23-14(22)18-7-10(8-18)12(19)17-11-5-4-9(6-16-11)13(20)21/h4-6,10H,7-8H2,1-3H3,(H,20,21)(H,16,17,19). The molecule has 2 heterocycles. The largest absolute Gasteiger partial charge is 0.478 e. The number of hydrogen-bond donors (Lipinski definition) is 2. The molecule has 1 saturated heterocycles. The molecule has 0 radical (unpaired) electrons. The molecule has 0 spiro atoms. The number of aromatic carboxylic acids is 1. The van der Waals surface area contributed by atoms with Crippen LogP contribution in [0.1, 0.15) is 31.1 Å². The van der Waals surface area contributed by atoms with Gasteiger partial charge in [0.15, 0.2) is 0 Å². The molecule has 0 aromatic carbocycles. The molecule has 1 aliphatic heterocycles. The van der Waals surface area contributed by atoms with E-state index in [-0.39, 0.29) is 36.3 Å². The summed E-state index contributed by atoms with van der Waals surface area (Å²) in [6.45, 7) is 5.91. The average molecular weight is 321 g/mol. The van der Waals surface area contributed by atoms with Crippen molar-refractivity contribution in [3.63, 3.8) is 0 Å². The number of nitrogens with one attached hydrogen (secondary N) is 1. The number of carboxylic acid groups (broad SMARTS) is 1. The number of aromatic nitrogens is 1. The molecule has 0 atom stereocenters. The van der Waals surface area contributed by atoms with E-state index in [2.05, 4.69) is 10.3 Å². The topological polar surface area (TPSA) is 109 Å². The summed E-state index contributed by atoms with van der Waals surface area (Å²) in [5.41, 5.74) is -0.525. The summed E-state index contributed by atoms with van der Waals surface area (Å²) in [4.78, 5) is 39.8. The predicted octanol–water partition coefficient (Wildman–Crippen LogP) is 1.59. The second-order valence-electron chi connectivity index (χ2n) is 6.31. The molecular formula is C15H19N3O5. The summed E-state index contributed by atoms with van der Waals surface area (Å²) in [6, 6.07) is 2.78. The van der Waals surface area contributed by atoms with E-state index in [1.165, 1.54) is 23.2 Å². The van der Waals surface area contributed by atoms with E-state index in [0.717, 1.165) is 0 Å². The molecule has 23 heavy (non-hydrogen) atoms. The lowest BCUT2D eigenvalue weighted by molar-refractivity contribution is -0.124. The normalized spacial score (nSPS) is 14.8. The van der Waals surface area contributed by atoms with Gasteiger partial charge in [0.1, 0.15) is 11.4 Å². The molecule has 2 N–H and O–H groups in total. The first-order chi connectivity index (χ1) is 10.7. The minimum Gasteiger partial charge on any atom is -0.478 e. The van der Waals surface area contributed by atoms with Gasteiger partial charge in [0.05, 0.1) is 11.5 Å². The number of carbonyl (C=O) groups excluding carboxylic acids is 2. The van der Waals surface area contributed by atoms with Gasteiger partial charge in [-0.25, -0.2) is 14.6 Å². The highest BCUT2D eigenvalue weighted by atomic mass is 16.6. The number of rotatable bonds is 3. The monoisotopic (exact) mass is 321 g/mol. The molecule has 0 saturated carbocycles. The third-order valence-electron chi connectivity index (χ3n) is 3.17. The lowest BCUT2D eigenvalue weighted by atomic mass is 10.00. The van der Waals surface area contributed by atoms with Crippen molar-refractivity contribution in [2.75, 3.05) is 18.4 Å². The Morgan fingerprint density at radius 1 is 1.30 bits per heavy atom. The van der Waals surface area contributed by atoms with E-state index in [1.54, 1.807) is 20.8 Å². The van der Waals surface area contributed by atoms with Crippen molar-refractivity contribution in [1.82, 2.24) is 9.88 Å². The van der Waals surface area contributed by atoms with Crippen LogP contribution in [0.25, 0.3) is 0 Å². The average Bonchev–Trinajstić information content (AvgIpc) is 2.35. The van der Waals surface area contributed by atoms with Crippen LogP contribution in [0.15, 0.2) is 18.3 Å². The van der Waals surface area contributed by atoms with Gasteiger partial charge in [-0.3, -0.25) is 4.79 Å². The van der Waals surface area contributed by atoms with E-state index in [4.69, 9.17) is 9.84 Å². The summed E-state index contributed by atoms with van der Waals surface area (Å²) in [5.74, 6) is -1.40. The predicted molar refractivity (Wildman–Crippen MR) is 81.1 cm³/mol. The number of ether oxygens (including phenoxy) is 1. The molecule has 0 unspecified atom stereocenters. The number of hydrogen-bond acceptors (Lipinski definition) is 5. The van der Waals surface area contributed by atoms with Crippen LogP contribution >= 0.6 is 0 Å². The SMILES string of the molecule is CC(C)(C)OC(=O)N1CC(C(=O)Nc2ccc(C(=O)O)cn2)C1. The van der Waals surface area contributed by atoms with Crippen molar-refractivity contribution in [1.29, 1.82) is 0 Å².